The molecule has 166 valence electrons. The monoisotopic (exact) mass is 477 g/mol. The number of rotatable bonds is 5. The van der Waals surface area contributed by atoms with Crippen molar-refractivity contribution in [2.75, 3.05) is 23.3 Å². The molecule has 2 aromatic heterocycles. The number of ketones is 1. The molecule has 1 aromatic carbocycles. The Kier molecular flexibility index (Phi) is 6.40. The van der Waals surface area contributed by atoms with Crippen molar-refractivity contribution in [1.29, 1.82) is 0 Å². The summed E-state index contributed by atoms with van der Waals surface area (Å²) in [5.41, 5.74) is 0.139. The number of amides is 1. The van der Waals surface area contributed by atoms with Crippen molar-refractivity contribution < 1.29 is 19.1 Å². The van der Waals surface area contributed by atoms with Crippen molar-refractivity contribution >= 4 is 46.5 Å². The van der Waals surface area contributed by atoms with E-state index >= 15 is 0 Å². The largest absolute Gasteiger partial charge is 0.393 e. The van der Waals surface area contributed by atoms with Crippen LogP contribution >= 0.6 is 23.2 Å². The second-order valence-electron chi connectivity index (χ2n) is 7.29. The molecule has 1 amide bonds. The second-order valence-corrected chi connectivity index (χ2v) is 8.11. The van der Waals surface area contributed by atoms with Gasteiger partial charge in [0, 0.05) is 24.8 Å². The highest BCUT2D eigenvalue weighted by atomic mass is 35.5. The molecule has 8 nitrogen and oxygen atoms in total. The number of piperidine rings is 1. The maximum atomic E-state index is 14.3. The Balaban J connectivity index is 1.44. The lowest BCUT2D eigenvalue weighted by atomic mass is 10.0. The first kappa shape index (κ1) is 22.2. The van der Waals surface area contributed by atoms with Gasteiger partial charge in [-0.15, -0.1) is 0 Å². The van der Waals surface area contributed by atoms with Crippen molar-refractivity contribution in [3.63, 3.8) is 0 Å². The molecule has 0 unspecified atom stereocenters. The summed E-state index contributed by atoms with van der Waals surface area (Å²) in [5.74, 6) is -1.64. The van der Waals surface area contributed by atoms with Gasteiger partial charge < -0.3 is 20.3 Å². The van der Waals surface area contributed by atoms with E-state index in [9.17, 15) is 19.1 Å². The van der Waals surface area contributed by atoms with Gasteiger partial charge >= 0.3 is 0 Å². The molecule has 11 heteroatoms. The van der Waals surface area contributed by atoms with E-state index in [1.54, 1.807) is 0 Å². The Morgan fingerprint density at radius 2 is 1.81 bits per heavy atom. The zero-order valence-electron chi connectivity index (χ0n) is 16.6. The average Bonchev–Trinajstić information content (AvgIpc) is 3.28. The molecule has 1 saturated heterocycles. The Morgan fingerprint density at radius 3 is 2.50 bits per heavy atom. The summed E-state index contributed by atoms with van der Waals surface area (Å²) in [6, 6.07) is 3.88. The number of halogens is 3. The minimum atomic E-state index is -0.920. The Morgan fingerprint density at radius 1 is 1.16 bits per heavy atom. The van der Waals surface area contributed by atoms with Crippen LogP contribution in [0.15, 0.2) is 36.8 Å². The molecular weight excluding hydrogens is 460 g/mol. The zero-order valence-corrected chi connectivity index (χ0v) is 18.1. The highest BCUT2D eigenvalue weighted by Crippen LogP contribution is 2.28. The number of hydrogen-bond donors (Lipinski definition) is 3. The normalized spacial score (nSPS) is 14.4. The van der Waals surface area contributed by atoms with Crippen LogP contribution in [0.5, 0.6) is 0 Å². The number of carbonyl (C=O) groups excluding carboxylic acids is 2. The minimum absolute atomic E-state index is 0.0529. The van der Waals surface area contributed by atoms with E-state index < -0.39 is 17.5 Å². The topological polar surface area (TPSA) is 111 Å². The first-order valence-electron chi connectivity index (χ1n) is 9.76. The molecule has 0 spiro atoms. The molecule has 3 heterocycles. The summed E-state index contributed by atoms with van der Waals surface area (Å²) in [5, 5.41) is 11.9. The van der Waals surface area contributed by atoms with Gasteiger partial charge in [-0.1, -0.05) is 23.2 Å². The fourth-order valence-electron chi connectivity index (χ4n) is 3.35. The molecule has 32 heavy (non-hydrogen) atoms. The number of nitrogens with one attached hydrogen (secondary N) is 2. The van der Waals surface area contributed by atoms with Gasteiger partial charge in [0.2, 0.25) is 5.95 Å². The fraction of sp³-hybridized carbons (Fsp3) is 0.238. The number of benzene rings is 1. The quantitative estimate of drug-likeness (QED) is 0.381. The van der Waals surface area contributed by atoms with Crippen LogP contribution in [0.2, 0.25) is 10.0 Å². The smallest absolute Gasteiger partial charge is 0.272 e. The van der Waals surface area contributed by atoms with Crippen LogP contribution in [0, 0.1) is 5.82 Å². The van der Waals surface area contributed by atoms with Gasteiger partial charge in [0.1, 0.15) is 5.69 Å². The summed E-state index contributed by atoms with van der Waals surface area (Å²) in [4.78, 5) is 38.4. The van der Waals surface area contributed by atoms with Crippen LogP contribution in [0.25, 0.3) is 0 Å². The molecule has 1 aliphatic heterocycles. The number of nitrogens with zero attached hydrogens (tertiary/aromatic N) is 3. The van der Waals surface area contributed by atoms with E-state index in [-0.39, 0.29) is 33.0 Å². The van der Waals surface area contributed by atoms with E-state index in [1.807, 2.05) is 4.90 Å². The molecule has 0 aliphatic carbocycles. The van der Waals surface area contributed by atoms with Crippen LogP contribution < -0.4 is 10.2 Å². The van der Waals surface area contributed by atoms with Gasteiger partial charge in [0.15, 0.2) is 11.6 Å². The molecule has 0 radical (unpaired) electrons. The van der Waals surface area contributed by atoms with Crippen LogP contribution in [-0.4, -0.2) is 50.9 Å². The summed E-state index contributed by atoms with van der Waals surface area (Å²) in [6.07, 6.45) is 5.25. The Hall–Kier alpha value is -3.01. The summed E-state index contributed by atoms with van der Waals surface area (Å²) in [6.45, 7) is 1.31. The molecule has 1 aliphatic rings. The number of H-pyrrole nitrogens is 1. The third-order valence-electron chi connectivity index (χ3n) is 5.10. The van der Waals surface area contributed by atoms with E-state index in [2.05, 4.69) is 20.3 Å². The minimum Gasteiger partial charge on any atom is -0.393 e. The third kappa shape index (κ3) is 4.59. The second kappa shape index (κ2) is 9.23. The Bertz CT molecular complexity index is 1160. The summed E-state index contributed by atoms with van der Waals surface area (Å²) >= 11 is 11.7. The van der Waals surface area contributed by atoms with E-state index in [1.165, 1.54) is 36.8 Å². The van der Waals surface area contributed by atoms with Crippen molar-refractivity contribution in [3.8, 4) is 0 Å². The first-order chi connectivity index (χ1) is 15.3. The van der Waals surface area contributed by atoms with Crippen molar-refractivity contribution in [2.24, 2.45) is 0 Å². The molecule has 0 saturated carbocycles. The molecular formula is C21H18Cl2FN5O3. The Labute approximate surface area is 192 Å². The molecule has 3 N–H and O–H groups in total. The molecule has 4 rings (SSSR count). The predicted octanol–water partition coefficient (Wildman–Crippen LogP) is 3.70. The van der Waals surface area contributed by atoms with Crippen LogP contribution in [0.3, 0.4) is 0 Å². The number of aliphatic hydroxyl groups is 1. The molecule has 1 fully saturated rings. The fourth-order valence-corrected chi connectivity index (χ4v) is 3.74. The van der Waals surface area contributed by atoms with Crippen LogP contribution in [-0.2, 0) is 0 Å². The molecule has 0 atom stereocenters. The SMILES string of the molecule is O=C(Nc1cnc(N2CCC(O)CC2)nc1)c1cc(C(=O)c2c(Cl)ccc(Cl)c2F)c[nH]1. The van der Waals surface area contributed by atoms with Crippen molar-refractivity contribution in [1.82, 2.24) is 15.0 Å². The number of carbonyl (C=O) groups is 2. The average molecular weight is 478 g/mol. The highest BCUT2D eigenvalue weighted by Gasteiger charge is 2.23. The maximum Gasteiger partial charge on any atom is 0.272 e. The number of aromatic nitrogens is 3. The number of aromatic amines is 1. The predicted molar refractivity (Wildman–Crippen MR) is 118 cm³/mol. The van der Waals surface area contributed by atoms with Gasteiger partial charge in [-0.3, -0.25) is 9.59 Å². The van der Waals surface area contributed by atoms with Gasteiger partial charge in [-0.25, -0.2) is 14.4 Å². The molecule has 3 aromatic rings. The van der Waals surface area contributed by atoms with Gasteiger partial charge in [-0.05, 0) is 31.0 Å². The van der Waals surface area contributed by atoms with Crippen LogP contribution in [0.4, 0.5) is 16.0 Å². The summed E-state index contributed by atoms with van der Waals surface area (Å²) < 4.78 is 14.3. The van der Waals surface area contributed by atoms with E-state index in [4.69, 9.17) is 23.2 Å². The van der Waals surface area contributed by atoms with Crippen molar-refractivity contribution in [3.05, 3.63) is 69.5 Å². The van der Waals surface area contributed by atoms with Crippen LogP contribution in [0.1, 0.15) is 39.3 Å². The standard InChI is InChI=1S/C21H18Cl2FN5O3/c22-14-1-2-15(23)18(24)17(14)19(31)11-7-16(25-8-11)20(32)28-12-9-26-21(27-10-12)29-5-3-13(30)4-6-29/h1-2,7-10,13,25,30H,3-6H2,(H,28,32). The van der Waals surface area contributed by atoms with Gasteiger partial charge in [0.25, 0.3) is 5.91 Å². The zero-order chi connectivity index (χ0) is 22.8. The van der Waals surface area contributed by atoms with E-state index in [0.717, 1.165) is 0 Å². The lowest BCUT2D eigenvalue weighted by molar-refractivity contribution is 0.102. The summed E-state index contributed by atoms with van der Waals surface area (Å²) in [7, 11) is 0. The number of anilines is 2. The number of hydrogen-bond acceptors (Lipinski definition) is 6. The molecule has 0 bridgehead atoms. The van der Waals surface area contributed by atoms with Crippen molar-refractivity contribution in [2.45, 2.75) is 18.9 Å². The number of aliphatic hydroxyl groups excluding tert-OH is 1. The highest BCUT2D eigenvalue weighted by molar-refractivity contribution is 6.37. The third-order valence-corrected chi connectivity index (χ3v) is 5.71. The lowest BCUT2D eigenvalue weighted by Gasteiger charge is -2.29. The first-order valence-corrected chi connectivity index (χ1v) is 10.5. The van der Waals surface area contributed by atoms with Gasteiger partial charge in [-0.2, -0.15) is 0 Å². The van der Waals surface area contributed by atoms with E-state index in [0.29, 0.717) is 37.6 Å². The maximum absolute atomic E-state index is 14.3. The lowest BCUT2D eigenvalue weighted by Crippen LogP contribution is -2.36. The van der Waals surface area contributed by atoms with Gasteiger partial charge in [0.05, 0.1) is 39.8 Å².